The van der Waals surface area contributed by atoms with E-state index in [4.69, 9.17) is 5.73 Å². The molecule has 0 spiro atoms. The predicted octanol–water partition coefficient (Wildman–Crippen LogP) is -5.15. The first-order chi connectivity index (χ1) is 7.66. The Hall–Kier alpha value is -0.400. The molecular formula is C10H19N4NaO2. The molecule has 0 saturated heterocycles. The number of carbonyl (C=O) groups excluding carboxylic acids is 1. The third-order valence-corrected chi connectivity index (χ3v) is 1.78. The molecule has 7 heteroatoms. The molecule has 0 aliphatic heterocycles. The summed E-state index contributed by atoms with van der Waals surface area (Å²) in [7, 11) is 0. The smallest absolute Gasteiger partial charge is 0.550 e. The molecule has 0 rings (SSSR count). The molecule has 0 atom stereocenters. The number of nitrogens with one attached hydrogen (secondary N) is 2. The van der Waals surface area contributed by atoms with Crippen LogP contribution in [0.2, 0.25) is 0 Å². The zero-order valence-corrected chi connectivity index (χ0v) is 12.4. The molecule has 0 aliphatic carbocycles. The Kier molecular flexibility index (Phi) is 15.2. The molecule has 0 bridgehead atoms. The van der Waals surface area contributed by atoms with E-state index >= 15 is 0 Å². The van der Waals surface area contributed by atoms with E-state index in [1.54, 1.807) is 0 Å². The van der Waals surface area contributed by atoms with E-state index in [0.717, 1.165) is 13.1 Å². The van der Waals surface area contributed by atoms with Crippen LogP contribution in [0.1, 0.15) is 6.42 Å². The third-order valence-electron chi connectivity index (χ3n) is 1.78. The quantitative estimate of drug-likeness (QED) is 0.156. The minimum Gasteiger partial charge on any atom is -0.550 e. The van der Waals surface area contributed by atoms with Crippen molar-refractivity contribution in [2.24, 2.45) is 10.7 Å². The van der Waals surface area contributed by atoms with E-state index in [1.165, 1.54) is 6.08 Å². The van der Waals surface area contributed by atoms with Gasteiger partial charge in [-0.05, 0) is 12.5 Å². The van der Waals surface area contributed by atoms with Gasteiger partial charge in [0, 0.05) is 32.1 Å². The standard InChI is InChI=1S/C10H20N4O2.Na/c1-2-9(11)14-8-7-13-6-5-12-4-3-10(15)16;/h2,12-13H,1,3-8H2,(H2,11,14)(H,15,16);/q;+1/p-1. The van der Waals surface area contributed by atoms with E-state index in [1.807, 2.05) is 0 Å². The first-order valence-electron chi connectivity index (χ1n) is 5.20. The summed E-state index contributed by atoms with van der Waals surface area (Å²) in [5.41, 5.74) is 5.41. The summed E-state index contributed by atoms with van der Waals surface area (Å²) in [6.45, 7) is 6.74. The van der Waals surface area contributed by atoms with Crippen molar-refractivity contribution in [1.29, 1.82) is 0 Å². The average Bonchev–Trinajstić information content (AvgIpc) is 2.26. The van der Waals surface area contributed by atoms with Crippen molar-refractivity contribution in [2.75, 3.05) is 32.7 Å². The monoisotopic (exact) mass is 250 g/mol. The molecule has 0 aromatic rings. The maximum Gasteiger partial charge on any atom is 1.00 e. The number of nitrogens with two attached hydrogens (primary N) is 1. The number of aliphatic carboxylic acids is 1. The number of amidine groups is 1. The molecule has 6 nitrogen and oxygen atoms in total. The summed E-state index contributed by atoms with van der Waals surface area (Å²) in [4.78, 5) is 14.1. The summed E-state index contributed by atoms with van der Waals surface area (Å²) in [6.07, 6.45) is 1.54. The first-order valence-corrected chi connectivity index (χ1v) is 5.20. The van der Waals surface area contributed by atoms with Gasteiger partial charge < -0.3 is 26.3 Å². The van der Waals surface area contributed by atoms with Gasteiger partial charge in [-0.1, -0.05) is 6.58 Å². The van der Waals surface area contributed by atoms with Crippen molar-refractivity contribution in [3.63, 3.8) is 0 Å². The fourth-order valence-electron chi connectivity index (χ4n) is 0.946. The Morgan fingerprint density at radius 3 is 2.41 bits per heavy atom. The molecule has 92 valence electrons. The molecule has 0 unspecified atom stereocenters. The maximum absolute atomic E-state index is 10.1. The Balaban J connectivity index is 0. The molecule has 17 heavy (non-hydrogen) atoms. The summed E-state index contributed by atoms with van der Waals surface area (Å²) < 4.78 is 0. The van der Waals surface area contributed by atoms with Gasteiger partial charge >= 0.3 is 29.6 Å². The van der Waals surface area contributed by atoms with E-state index in [0.29, 0.717) is 25.5 Å². The zero-order chi connectivity index (χ0) is 12.2. The van der Waals surface area contributed by atoms with Gasteiger partial charge in [-0.15, -0.1) is 0 Å². The van der Waals surface area contributed by atoms with Crippen molar-refractivity contribution >= 4 is 11.8 Å². The third kappa shape index (κ3) is 15.6. The first kappa shape index (κ1) is 19.0. The van der Waals surface area contributed by atoms with Crippen molar-refractivity contribution in [2.45, 2.75) is 6.42 Å². The molecule has 0 radical (unpaired) electrons. The zero-order valence-electron chi connectivity index (χ0n) is 10.4. The van der Waals surface area contributed by atoms with Gasteiger partial charge in [0.2, 0.25) is 0 Å². The van der Waals surface area contributed by atoms with Gasteiger partial charge in [0.05, 0.1) is 6.54 Å². The molecule has 0 aliphatic rings. The molecule has 0 fully saturated rings. The molecule has 4 N–H and O–H groups in total. The Morgan fingerprint density at radius 1 is 1.29 bits per heavy atom. The van der Waals surface area contributed by atoms with E-state index in [9.17, 15) is 9.90 Å². The fraction of sp³-hybridized carbons (Fsp3) is 0.600. The second-order valence-electron chi connectivity index (χ2n) is 3.13. The Labute approximate surface area is 124 Å². The minimum atomic E-state index is -1.03. The van der Waals surface area contributed by atoms with E-state index in [-0.39, 0.29) is 36.0 Å². The van der Waals surface area contributed by atoms with Gasteiger partial charge in [-0.3, -0.25) is 4.99 Å². The molecule has 0 saturated carbocycles. The van der Waals surface area contributed by atoms with E-state index < -0.39 is 5.97 Å². The average molecular weight is 250 g/mol. The van der Waals surface area contributed by atoms with Crippen LogP contribution in [-0.2, 0) is 4.79 Å². The van der Waals surface area contributed by atoms with Gasteiger partial charge in [0.1, 0.15) is 5.84 Å². The summed E-state index contributed by atoms with van der Waals surface area (Å²) in [6, 6.07) is 0. The molecule has 0 aromatic carbocycles. The Bertz CT molecular complexity index is 246. The van der Waals surface area contributed by atoms with Crippen LogP contribution in [0, 0.1) is 0 Å². The van der Waals surface area contributed by atoms with Gasteiger partial charge in [-0.2, -0.15) is 0 Å². The second-order valence-corrected chi connectivity index (χ2v) is 3.13. The summed E-state index contributed by atoms with van der Waals surface area (Å²) in [5.74, 6) is -0.594. The SMILES string of the molecule is C=CC(N)=NCCNCCNCCC(=O)[O-].[Na+]. The summed E-state index contributed by atoms with van der Waals surface area (Å²) in [5, 5.41) is 16.2. The summed E-state index contributed by atoms with van der Waals surface area (Å²) >= 11 is 0. The molecule has 0 heterocycles. The number of carbonyl (C=O) groups is 1. The van der Waals surface area contributed by atoms with Crippen LogP contribution in [0.5, 0.6) is 0 Å². The number of hydrogen-bond donors (Lipinski definition) is 3. The number of rotatable bonds is 10. The predicted molar refractivity (Wildman–Crippen MR) is 62.0 cm³/mol. The number of carboxylic acid groups (broad SMARTS) is 1. The normalized spacial score (nSPS) is 10.7. The van der Waals surface area contributed by atoms with Crippen molar-refractivity contribution < 1.29 is 39.5 Å². The number of nitrogens with zero attached hydrogens (tertiary/aromatic N) is 1. The van der Waals surface area contributed by atoms with Crippen LogP contribution in [0.4, 0.5) is 0 Å². The maximum atomic E-state index is 10.1. The fourth-order valence-corrected chi connectivity index (χ4v) is 0.946. The van der Waals surface area contributed by atoms with Crippen molar-refractivity contribution in [1.82, 2.24) is 10.6 Å². The molecular weight excluding hydrogens is 231 g/mol. The van der Waals surface area contributed by atoms with Gasteiger partial charge in [0.25, 0.3) is 0 Å². The van der Waals surface area contributed by atoms with Gasteiger partial charge in [-0.25, -0.2) is 0 Å². The number of carboxylic acids is 1. The van der Waals surface area contributed by atoms with Crippen LogP contribution in [0.25, 0.3) is 0 Å². The second kappa shape index (κ2) is 13.7. The molecule has 0 aromatic heterocycles. The van der Waals surface area contributed by atoms with Gasteiger partial charge in [0.15, 0.2) is 0 Å². The van der Waals surface area contributed by atoms with Crippen LogP contribution >= 0.6 is 0 Å². The largest absolute Gasteiger partial charge is 1.00 e. The van der Waals surface area contributed by atoms with Crippen molar-refractivity contribution in [3.8, 4) is 0 Å². The molecule has 0 amide bonds. The van der Waals surface area contributed by atoms with E-state index in [2.05, 4.69) is 22.2 Å². The van der Waals surface area contributed by atoms with Crippen LogP contribution in [0.3, 0.4) is 0 Å². The minimum absolute atomic E-state index is 0. The van der Waals surface area contributed by atoms with Crippen LogP contribution < -0.4 is 51.0 Å². The van der Waals surface area contributed by atoms with Crippen LogP contribution in [0.15, 0.2) is 17.6 Å². The topological polar surface area (TPSA) is 103 Å². The number of hydrogen-bond acceptors (Lipinski definition) is 5. The number of aliphatic imine (C=N–C) groups is 1. The van der Waals surface area contributed by atoms with Crippen molar-refractivity contribution in [3.05, 3.63) is 12.7 Å². The Morgan fingerprint density at radius 2 is 1.88 bits per heavy atom. The van der Waals surface area contributed by atoms with Crippen LogP contribution in [-0.4, -0.2) is 44.5 Å².